The number of amides is 2. The number of piperidine rings is 1. The van der Waals surface area contributed by atoms with Crippen LogP contribution in [-0.2, 0) is 9.59 Å². The zero-order valence-corrected chi connectivity index (χ0v) is 17.7. The summed E-state index contributed by atoms with van der Waals surface area (Å²) >= 11 is 6.33. The number of ether oxygens (including phenoxy) is 2. The molecule has 0 radical (unpaired) electrons. The minimum absolute atomic E-state index is 0.347. The van der Waals surface area contributed by atoms with Gasteiger partial charge in [0.1, 0.15) is 5.70 Å². The predicted molar refractivity (Wildman–Crippen MR) is 116 cm³/mol. The molecule has 2 aromatic rings. The van der Waals surface area contributed by atoms with Crippen molar-refractivity contribution < 1.29 is 19.1 Å². The summed E-state index contributed by atoms with van der Waals surface area (Å²) in [5, 5.41) is 0.353. The second-order valence-electron chi connectivity index (χ2n) is 7.24. The van der Waals surface area contributed by atoms with E-state index in [1.54, 1.807) is 56.7 Å². The molecule has 1 saturated heterocycles. The summed E-state index contributed by atoms with van der Waals surface area (Å²) in [4.78, 5) is 30.3. The van der Waals surface area contributed by atoms with Crippen molar-refractivity contribution in [3.8, 4) is 11.5 Å². The lowest BCUT2D eigenvalue weighted by molar-refractivity contribution is -0.120. The average molecular weight is 427 g/mol. The number of halogens is 1. The van der Waals surface area contributed by atoms with Crippen LogP contribution in [-0.4, -0.2) is 44.0 Å². The molecular weight excluding hydrogens is 404 g/mol. The minimum atomic E-state index is -0.388. The number of hydrogen-bond acceptors (Lipinski definition) is 5. The number of methoxy groups -OCH3 is 2. The molecule has 2 amide bonds. The second-order valence-corrected chi connectivity index (χ2v) is 7.65. The van der Waals surface area contributed by atoms with Gasteiger partial charge in [-0.3, -0.25) is 9.59 Å². The molecule has 0 aliphatic carbocycles. The second kappa shape index (κ2) is 8.40. The maximum Gasteiger partial charge on any atom is 0.282 e. The molecule has 0 N–H and O–H groups in total. The molecule has 30 heavy (non-hydrogen) atoms. The van der Waals surface area contributed by atoms with Crippen molar-refractivity contribution in [2.24, 2.45) is 0 Å². The van der Waals surface area contributed by atoms with E-state index in [-0.39, 0.29) is 11.8 Å². The summed E-state index contributed by atoms with van der Waals surface area (Å²) in [5.74, 6) is 0.318. The van der Waals surface area contributed by atoms with Crippen LogP contribution in [0.4, 0.5) is 5.69 Å². The molecular formula is C23H23ClN2O4. The summed E-state index contributed by atoms with van der Waals surface area (Å²) < 4.78 is 10.7. The molecule has 0 saturated carbocycles. The fourth-order valence-corrected chi connectivity index (χ4v) is 4.25. The van der Waals surface area contributed by atoms with Gasteiger partial charge < -0.3 is 14.4 Å². The Morgan fingerprint density at radius 2 is 1.57 bits per heavy atom. The van der Waals surface area contributed by atoms with E-state index in [4.69, 9.17) is 21.1 Å². The number of rotatable bonds is 5. The first-order chi connectivity index (χ1) is 14.6. The fraction of sp³-hybridized carbons (Fsp3) is 0.304. The summed E-state index contributed by atoms with van der Waals surface area (Å²) in [6, 6.07) is 12.1. The van der Waals surface area contributed by atoms with Gasteiger partial charge in [-0.1, -0.05) is 29.8 Å². The molecule has 7 heteroatoms. The quantitative estimate of drug-likeness (QED) is 0.673. The first kappa shape index (κ1) is 20.3. The van der Waals surface area contributed by atoms with Crippen LogP contribution in [0.1, 0.15) is 24.8 Å². The number of benzene rings is 2. The normalized spacial score (nSPS) is 17.0. The molecule has 0 unspecified atom stereocenters. The highest BCUT2D eigenvalue weighted by Gasteiger charge is 2.43. The average Bonchev–Trinajstić information content (AvgIpc) is 3.04. The summed E-state index contributed by atoms with van der Waals surface area (Å²) in [6.45, 7) is 1.48. The SMILES string of the molecule is COc1ccc(C2=C(N3CCCCC3)C(=O)N(c3ccccc3Cl)C2=O)cc1OC. The minimum Gasteiger partial charge on any atom is -0.493 e. The van der Waals surface area contributed by atoms with E-state index in [2.05, 4.69) is 0 Å². The van der Waals surface area contributed by atoms with E-state index in [9.17, 15) is 9.59 Å². The Balaban J connectivity index is 1.86. The summed E-state index contributed by atoms with van der Waals surface area (Å²) in [7, 11) is 3.10. The Labute approximate surface area is 180 Å². The van der Waals surface area contributed by atoms with Crippen LogP contribution in [0.3, 0.4) is 0 Å². The molecule has 2 heterocycles. The third-order valence-corrected chi connectivity index (χ3v) is 5.82. The Bertz CT molecular complexity index is 1030. The largest absolute Gasteiger partial charge is 0.493 e. The summed E-state index contributed by atoms with van der Waals surface area (Å²) in [6.07, 6.45) is 3.08. The van der Waals surface area contributed by atoms with Crippen molar-refractivity contribution in [3.05, 3.63) is 58.7 Å². The Morgan fingerprint density at radius 1 is 0.867 bits per heavy atom. The maximum atomic E-state index is 13.6. The third-order valence-electron chi connectivity index (χ3n) is 5.50. The molecule has 0 atom stereocenters. The van der Waals surface area contributed by atoms with Crippen LogP contribution < -0.4 is 14.4 Å². The molecule has 1 fully saturated rings. The van der Waals surface area contributed by atoms with Crippen LogP contribution in [0.25, 0.3) is 5.57 Å². The van der Waals surface area contributed by atoms with Crippen molar-refractivity contribution in [2.75, 3.05) is 32.2 Å². The smallest absolute Gasteiger partial charge is 0.282 e. The van der Waals surface area contributed by atoms with Crippen LogP contribution in [0, 0.1) is 0 Å². The molecule has 2 aliphatic rings. The van der Waals surface area contributed by atoms with Gasteiger partial charge >= 0.3 is 0 Å². The van der Waals surface area contributed by atoms with Crippen LogP contribution in [0.15, 0.2) is 48.2 Å². The monoisotopic (exact) mass is 426 g/mol. The molecule has 2 aromatic carbocycles. The summed E-state index contributed by atoms with van der Waals surface area (Å²) in [5.41, 5.74) is 1.79. The van der Waals surface area contributed by atoms with E-state index in [1.807, 2.05) is 4.90 Å². The van der Waals surface area contributed by atoms with Gasteiger partial charge in [0.25, 0.3) is 11.8 Å². The van der Waals surface area contributed by atoms with Crippen molar-refractivity contribution in [1.82, 2.24) is 4.90 Å². The van der Waals surface area contributed by atoms with Crippen LogP contribution in [0.2, 0.25) is 5.02 Å². The van der Waals surface area contributed by atoms with Crippen molar-refractivity contribution in [2.45, 2.75) is 19.3 Å². The Hall–Kier alpha value is -2.99. The number of hydrogen-bond donors (Lipinski definition) is 0. The number of carbonyl (C=O) groups is 2. The predicted octanol–water partition coefficient (Wildman–Crippen LogP) is 4.13. The van der Waals surface area contributed by atoms with Gasteiger partial charge in [0.15, 0.2) is 11.5 Å². The van der Waals surface area contributed by atoms with Gasteiger partial charge in [-0.05, 0) is 49.1 Å². The van der Waals surface area contributed by atoms with E-state index >= 15 is 0 Å². The molecule has 4 rings (SSSR count). The Morgan fingerprint density at radius 3 is 2.23 bits per heavy atom. The highest BCUT2D eigenvalue weighted by Crippen LogP contribution is 2.40. The number of nitrogens with zero attached hydrogens (tertiary/aromatic N) is 2. The highest BCUT2D eigenvalue weighted by atomic mass is 35.5. The first-order valence-electron chi connectivity index (χ1n) is 9.91. The number of likely N-dealkylation sites (tertiary alicyclic amines) is 1. The van der Waals surface area contributed by atoms with Crippen molar-refractivity contribution >= 4 is 34.7 Å². The van der Waals surface area contributed by atoms with E-state index in [0.717, 1.165) is 32.4 Å². The molecule has 0 aromatic heterocycles. The standard InChI is InChI=1S/C23H23ClN2O4/c1-29-18-11-10-15(14-19(18)30-2)20-21(25-12-6-3-7-13-25)23(28)26(22(20)27)17-9-5-4-8-16(17)24/h4-5,8-11,14H,3,6-7,12-13H2,1-2H3. The topological polar surface area (TPSA) is 59.1 Å². The molecule has 6 nitrogen and oxygen atoms in total. The van der Waals surface area contributed by atoms with Gasteiger partial charge in [0.05, 0.1) is 30.5 Å². The van der Waals surface area contributed by atoms with E-state index < -0.39 is 0 Å². The number of imide groups is 1. The maximum absolute atomic E-state index is 13.6. The number of para-hydroxylation sites is 1. The van der Waals surface area contributed by atoms with Crippen LogP contribution in [0.5, 0.6) is 11.5 Å². The number of anilines is 1. The lowest BCUT2D eigenvalue weighted by Gasteiger charge is -2.29. The van der Waals surface area contributed by atoms with Crippen molar-refractivity contribution in [3.63, 3.8) is 0 Å². The van der Waals surface area contributed by atoms with Crippen molar-refractivity contribution in [1.29, 1.82) is 0 Å². The molecule has 2 aliphatic heterocycles. The zero-order valence-electron chi connectivity index (χ0n) is 17.0. The Kier molecular flexibility index (Phi) is 5.68. The van der Waals surface area contributed by atoms with E-state index in [1.165, 1.54) is 4.90 Å². The molecule has 156 valence electrons. The van der Waals surface area contributed by atoms with Gasteiger partial charge in [-0.25, -0.2) is 4.90 Å². The molecule has 0 bridgehead atoms. The lowest BCUT2D eigenvalue weighted by Crippen LogP contribution is -2.37. The first-order valence-corrected chi connectivity index (χ1v) is 10.3. The van der Waals surface area contributed by atoms with E-state index in [0.29, 0.717) is 39.0 Å². The van der Waals surface area contributed by atoms with Gasteiger partial charge in [0.2, 0.25) is 0 Å². The lowest BCUT2D eigenvalue weighted by atomic mass is 10.0. The van der Waals surface area contributed by atoms with Gasteiger partial charge in [-0.2, -0.15) is 0 Å². The molecule has 0 spiro atoms. The number of carbonyl (C=O) groups excluding carboxylic acids is 2. The zero-order chi connectivity index (χ0) is 21.3. The van der Waals surface area contributed by atoms with Gasteiger partial charge in [-0.15, -0.1) is 0 Å². The highest BCUT2D eigenvalue weighted by molar-refractivity contribution is 6.47. The third kappa shape index (κ3) is 3.41. The van der Waals surface area contributed by atoms with Crippen LogP contribution >= 0.6 is 11.6 Å². The fourth-order valence-electron chi connectivity index (χ4n) is 4.03. The van der Waals surface area contributed by atoms with Gasteiger partial charge in [0, 0.05) is 13.1 Å².